The Bertz CT molecular complexity index is 243. The Morgan fingerprint density at radius 2 is 2.00 bits per heavy atom. The van der Waals surface area contributed by atoms with Crippen molar-refractivity contribution in [3.05, 3.63) is 36.4 Å². The maximum atomic E-state index is 3.11. The third kappa shape index (κ3) is 2.19. The van der Waals surface area contributed by atoms with E-state index in [9.17, 15) is 0 Å². The molecule has 50 valence electrons. The molecule has 0 saturated carbocycles. The van der Waals surface area contributed by atoms with Crippen molar-refractivity contribution in [1.29, 1.82) is 0 Å². The van der Waals surface area contributed by atoms with Gasteiger partial charge in [0.05, 0.1) is 0 Å². The van der Waals surface area contributed by atoms with Gasteiger partial charge in [-0.15, -0.1) is 0 Å². The molecule has 0 heterocycles. The summed E-state index contributed by atoms with van der Waals surface area (Å²) in [6.45, 7) is 1.98. The van der Waals surface area contributed by atoms with E-state index in [1.165, 1.54) is 5.30 Å². The third-order valence-corrected chi connectivity index (χ3v) is 2.02. The Morgan fingerprint density at radius 3 is 2.60 bits per heavy atom. The molecule has 0 aromatic heterocycles. The molecule has 0 aliphatic carbocycles. The molecule has 0 unspecified atom stereocenters. The van der Waals surface area contributed by atoms with Crippen molar-refractivity contribution >= 4 is 19.0 Å². The summed E-state index contributed by atoms with van der Waals surface area (Å²) >= 11 is 0. The highest BCUT2D eigenvalue weighted by Gasteiger charge is 1.78. The van der Waals surface area contributed by atoms with Crippen LogP contribution in [0.2, 0.25) is 0 Å². The Morgan fingerprint density at radius 1 is 1.30 bits per heavy atom. The molecule has 0 N–H and O–H groups in total. The normalized spacial score (nSPS) is 8.90. The van der Waals surface area contributed by atoms with Gasteiger partial charge in [-0.1, -0.05) is 23.7 Å². The van der Waals surface area contributed by atoms with E-state index in [-0.39, 0.29) is 0 Å². The van der Waals surface area contributed by atoms with Crippen LogP contribution in [0.5, 0.6) is 0 Å². The van der Waals surface area contributed by atoms with Crippen LogP contribution in [0.4, 0.5) is 0 Å². The van der Waals surface area contributed by atoms with Crippen LogP contribution in [-0.2, 0) is 0 Å². The fraction of sp³-hybridized carbons (Fsp3) is 0.111. The van der Waals surface area contributed by atoms with Crippen LogP contribution >= 0.6 is 8.20 Å². The Kier molecular flexibility index (Phi) is 2.96. The van der Waals surface area contributed by atoms with E-state index < -0.39 is 0 Å². The molecule has 0 amide bonds. The van der Waals surface area contributed by atoms with E-state index in [4.69, 9.17) is 0 Å². The molecule has 0 spiro atoms. The molecule has 0 nitrogen and oxygen atoms in total. The van der Waals surface area contributed by atoms with Crippen molar-refractivity contribution in [3.8, 4) is 0 Å². The molecule has 1 heteroatoms. The van der Waals surface area contributed by atoms with Crippen molar-refractivity contribution < 1.29 is 0 Å². The highest BCUT2D eigenvalue weighted by molar-refractivity contribution is 7.46. The number of allylic oxidation sites excluding steroid dienone is 1. The summed E-state index contributed by atoms with van der Waals surface area (Å²) < 4.78 is 0. The zero-order valence-electron chi connectivity index (χ0n) is 5.91. The van der Waals surface area contributed by atoms with Crippen molar-refractivity contribution in [2.75, 3.05) is 0 Å². The zero-order valence-corrected chi connectivity index (χ0v) is 6.81. The molecular weight excluding hydrogens is 139 g/mol. The van der Waals surface area contributed by atoms with Crippen molar-refractivity contribution in [1.82, 2.24) is 0 Å². The van der Waals surface area contributed by atoms with Crippen molar-refractivity contribution in [2.45, 2.75) is 6.92 Å². The average Bonchev–Trinajstić information content (AvgIpc) is 2.03. The number of rotatable bonds is 1. The first kappa shape index (κ1) is 7.28. The molecule has 0 atom stereocenters. The van der Waals surface area contributed by atoms with E-state index in [1.54, 1.807) is 0 Å². The van der Waals surface area contributed by atoms with E-state index in [2.05, 4.69) is 17.6 Å². The minimum absolute atomic E-state index is 1.16. The molecule has 1 aromatic carbocycles. The summed E-state index contributed by atoms with van der Waals surface area (Å²) in [5.74, 6) is 0. The third-order valence-electron chi connectivity index (χ3n) is 1.08. The van der Waals surface area contributed by atoms with Crippen molar-refractivity contribution in [2.24, 2.45) is 0 Å². The average molecular weight is 148 g/mol. The lowest BCUT2D eigenvalue weighted by atomic mass is 10.4. The van der Waals surface area contributed by atoms with Gasteiger partial charge in [-0.05, 0) is 33.3 Å². The Labute approximate surface area is 63.0 Å². The fourth-order valence-electron chi connectivity index (χ4n) is 0.642. The van der Waals surface area contributed by atoms with Gasteiger partial charge in [0.2, 0.25) is 0 Å². The quantitative estimate of drug-likeness (QED) is 0.536. The van der Waals surface area contributed by atoms with Gasteiger partial charge in [0.1, 0.15) is 0 Å². The van der Waals surface area contributed by atoms with Crippen LogP contribution in [0.15, 0.2) is 36.4 Å². The molecule has 0 aliphatic rings. The largest absolute Gasteiger partial charge is 0.0932 e. The highest BCUT2D eigenvalue weighted by Crippen LogP contribution is 1.93. The summed E-state index contributed by atoms with van der Waals surface area (Å²) in [5, 5.41) is 1.29. The molecule has 0 saturated heterocycles. The minimum Gasteiger partial charge on any atom is -0.0932 e. The molecule has 0 fully saturated rings. The predicted octanol–water partition coefficient (Wildman–Crippen LogP) is 2.24. The summed E-state index contributed by atoms with van der Waals surface area (Å²) in [7, 11) is 1.16. The van der Waals surface area contributed by atoms with Gasteiger partial charge in [0.15, 0.2) is 0 Å². The fourth-order valence-corrected chi connectivity index (χ4v) is 1.24. The van der Waals surface area contributed by atoms with Crippen LogP contribution in [-0.4, -0.2) is 5.45 Å². The van der Waals surface area contributed by atoms with Crippen molar-refractivity contribution in [3.63, 3.8) is 0 Å². The predicted molar refractivity (Wildman–Crippen MR) is 48.2 cm³/mol. The topological polar surface area (TPSA) is 0 Å². The van der Waals surface area contributed by atoms with Gasteiger partial charge in [-0.3, -0.25) is 0 Å². The molecule has 0 bridgehead atoms. The van der Waals surface area contributed by atoms with Gasteiger partial charge in [-0.2, -0.15) is 0 Å². The first-order chi connectivity index (χ1) is 4.93. The lowest BCUT2D eigenvalue weighted by molar-refractivity contribution is 1.78. The minimum atomic E-state index is 1.16. The van der Waals surface area contributed by atoms with Gasteiger partial charge in [0, 0.05) is 5.30 Å². The zero-order chi connectivity index (χ0) is 7.23. The summed E-state index contributed by atoms with van der Waals surface area (Å²) in [6, 6.07) is 10.3. The monoisotopic (exact) mass is 148 g/mol. The maximum Gasteiger partial charge on any atom is 0.00960 e. The Balaban J connectivity index is 2.87. The number of hydrogen-bond donors (Lipinski definition) is 0. The second-order valence-electron chi connectivity index (χ2n) is 1.87. The Hall–Kier alpha value is -0.830. The van der Waals surface area contributed by atoms with Crippen LogP contribution in [0.1, 0.15) is 6.92 Å². The maximum absolute atomic E-state index is 3.11. The lowest BCUT2D eigenvalue weighted by Crippen LogP contribution is -1.85. The van der Waals surface area contributed by atoms with Gasteiger partial charge in [0.25, 0.3) is 0 Å². The number of hydrogen-bond acceptors (Lipinski definition) is 0. The second kappa shape index (κ2) is 4.06. The molecule has 0 aliphatic heterocycles. The van der Waals surface area contributed by atoms with Crippen LogP contribution < -0.4 is 5.30 Å². The first-order valence-corrected chi connectivity index (χ1v) is 4.12. The van der Waals surface area contributed by atoms with Crippen LogP contribution in [0, 0.1) is 0 Å². The summed E-state index contributed by atoms with van der Waals surface area (Å²) in [6.07, 6.45) is 1.94. The standard InChI is InChI=1S/C9H9P/c1-2-8-10-9-6-4-3-5-7-9/h2-7H,1H3. The summed E-state index contributed by atoms with van der Waals surface area (Å²) in [5.41, 5.74) is 3.11. The van der Waals surface area contributed by atoms with Gasteiger partial charge < -0.3 is 0 Å². The van der Waals surface area contributed by atoms with E-state index >= 15 is 0 Å². The van der Waals surface area contributed by atoms with Gasteiger partial charge in [-0.25, -0.2) is 0 Å². The first-order valence-electron chi connectivity index (χ1n) is 3.22. The van der Waals surface area contributed by atoms with Crippen LogP contribution in [0.25, 0.3) is 0 Å². The SMILES string of the molecule is CC=C=Pc1ccccc1. The molecule has 1 aromatic rings. The smallest absolute Gasteiger partial charge is 0.00960 e. The van der Waals surface area contributed by atoms with Gasteiger partial charge >= 0.3 is 0 Å². The van der Waals surface area contributed by atoms with E-state index in [0.29, 0.717) is 0 Å². The summed E-state index contributed by atoms with van der Waals surface area (Å²) in [4.78, 5) is 0. The second-order valence-corrected chi connectivity index (χ2v) is 2.86. The van der Waals surface area contributed by atoms with Crippen LogP contribution in [0.3, 0.4) is 0 Å². The number of benzene rings is 1. The lowest BCUT2D eigenvalue weighted by Gasteiger charge is -1.84. The molecule has 1 rings (SSSR count). The van der Waals surface area contributed by atoms with E-state index in [0.717, 1.165) is 8.20 Å². The van der Waals surface area contributed by atoms with E-state index in [1.807, 2.05) is 31.2 Å². The molecule has 10 heavy (non-hydrogen) atoms. The molecule has 0 radical (unpaired) electrons. The molecular formula is C9H9P. The highest BCUT2D eigenvalue weighted by atomic mass is 31.1.